The van der Waals surface area contributed by atoms with Crippen LogP contribution in [0.3, 0.4) is 0 Å². The van der Waals surface area contributed by atoms with E-state index in [2.05, 4.69) is 5.32 Å². The Kier molecular flexibility index (Phi) is 3.49. The predicted molar refractivity (Wildman–Crippen MR) is 66.8 cm³/mol. The third-order valence-corrected chi connectivity index (χ3v) is 2.66. The second-order valence-electron chi connectivity index (χ2n) is 3.64. The topological polar surface area (TPSA) is 32.3 Å². The van der Waals surface area contributed by atoms with Gasteiger partial charge in [-0.2, -0.15) is 0 Å². The Morgan fingerprint density at radius 1 is 1.12 bits per heavy atom. The molecular formula is C13H11ClFNO. The van der Waals surface area contributed by atoms with Gasteiger partial charge in [-0.05, 0) is 35.9 Å². The zero-order valence-corrected chi connectivity index (χ0v) is 9.71. The highest BCUT2D eigenvalue weighted by molar-refractivity contribution is 6.33. The van der Waals surface area contributed by atoms with E-state index in [0.29, 0.717) is 17.3 Å². The molecule has 0 saturated carbocycles. The predicted octanol–water partition coefficient (Wildman–Crippen LogP) is 3.80. The van der Waals surface area contributed by atoms with Gasteiger partial charge in [0.1, 0.15) is 11.6 Å². The first-order chi connectivity index (χ1) is 8.15. The highest BCUT2D eigenvalue weighted by atomic mass is 35.5. The van der Waals surface area contributed by atoms with Crippen molar-refractivity contribution >= 4 is 17.3 Å². The summed E-state index contributed by atoms with van der Waals surface area (Å²) in [7, 11) is 0. The number of nitrogens with one attached hydrogen (secondary N) is 1. The van der Waals surface area contributed by atoms with E-state index < -0.39 is 0 Å². The number of phenols is 1. The van der Waals surface area contributed by atoms with Crippen molar-refractivity contribution in [1.29, 1.82) is 0 Å². The molecular weight excluding hydrogens is 241 g/mol. The van der Waals surface area contributed by atoms with E-state index in [1.165, 1.54) is 12.1 Å². The minimum atomic E-state index is -0.356. The summed E-state index contributed by atoms with van der Waals surface area (Å²) in [4.78, 5) is 0. The molecule has 0 heterocycles. The van der Waals surface area contributed by atoms with Crippen molar-refractivity contribution in [1.82, 2.24) is 0 Å². The summed E-state index contributed by atoms with van der Waals surface area (Å²) in [5.41, 5.74) is 1.68. The van der Waals surface area contributed by atoms with Gasteiger partial charge in [0, 0.05) is 6.54 Å². The van der Waals surface area contributed by atoms with Crippen molar-refractivity contribution in [2.75, 3.05) is 5.32 Å². The number of hydrogen-bond acceptors (Lipinski definition) is 2. The number of aromatic hydroxyl groups is 1. The van der Waals surface area contributed by atoms with Gasteiger partial charge in [-0.25, -0.2) is 4.39 Å². The maximum absolute atomic E-state index is 12.8. The molecule has 0 radical (unpaired) electrons. The van der Waals surface area contributed by atoms with Gasteiger partial charge >= 0.3 is 0 Å². The van der Waals surface area contributed by atoms with E-state index in [1.807, 2.05) is 0 Å². The highest BCUT2D eigenvalue weighted by Gasteiger charge is 2.01. The lowest BCUT2D eigenvalue weighted by Crippen LogP contribution is -1.99. The molecule has 0 unspecified atom stereocenters. The highest BCUT2D eigenvalue weighted by Crippen LogP contribution is 2.23. The number of rotatable bonds is 3. The molecule has 0 saturated heterocycles. The molecule has 88 valence electrons. The van der Waals surface area contributed by atoms with E-state index >= 15 is 0 Å². The standard InChI is InChI=1S/C13H11ClFNO/c14-12-7-10(15)3-6-13(12)16-8-9-1-4-11(17)5-2-9/h1-7,16-17H,8H2. The molecule has 0 aliphatic carbocycles. The first-order valence-corrected chi connectivity index (χ1v) is 5.50. The van der Waals surface area contributed by atoms with Crippen molar-refractivity contribution in [3.8, 4) is 5.75 Å². The SMILES string of the molecule is Oc1ccc(CNc2ccc(F)cc2Cl)cc1. The summed E-state index contributed by atoms with van der Waals surface area (Å²) in [6.07, 6.45) is 0. The molecule has 2 aromatic rings. The van der Waals surface area contributed by atoms with Crippen molar-refractivity contribution in [2.24, 2.45) is 0 Å². The van der Waals surface area contributed by atoms with Gasteiger partial charge in [0.05, 0.1) is 10.7 Å². The fraction of sp³-hybridized carbons (Fsp3) is 0.0769. The molecule has 0 aliphatic heterocycles. The van der Waals surface area contributed by atoms with E-state index in [0.717, 1.165) is 5.56 Å². The fourth-order valence-electron chi connectivity index (χ4n) is 1.44. The summed E-state index contributed by atoms with van der Waals surface area (Å²) >= 11 is 5.88. The Hall–Kier alpha value is -1.74. The van der Waals surface area contributed by atoms with Crippen LogP contribution in [0, 0.1) is 5.82 Å². The molecule has 0 atom stereocenters. The smallest absolute Gasteiger partial charge is 0.124 e. The molecule has 4 heteroatoms. The van der Waals surface area contributed by atoms with E-state index in [-0.39, 0.29) is 11.6 Å². The molecule has 17 heavy (non-hydrogen) atoms. The molecule has 2 nitrogen and oxygen atoms in total. The summed E-state index contributed by atoms with van der Waals surface area (Å²) in [6.45, 7) is 0.561. The molecule has 0 aliphatic rings. The lowest BCUT2D eigenvalue weighted by Gasteiger charge is -2.08. The zero-order chi connectivity index (χ0) is 12.3. The molecule has 2 rings (SSSR count). The van der Waals surface area contributed by atoms with Crippen LogP contribution in [0.15, 0.2) is 42.5 Å². The van der Waals surface area contributed by atoms with Gasteiger partial charge in [0.2, 0.25) is 0 Å². The Morgan fingerprint density at radius 3 is 2.47 bits per heavy atom. The van der Waals surface area contributed by atoms with Crippen LogP contribution in [0.2, 0.25) is 5.02 Å². The van der Waals surface area contributed by atoms with Gasteiger partial charge in [0.15, 0.2) is 0 Å². The maximum Gasteiger partial charge on any atom is 0.124 e. The summed E-state index contributed by atoms with van der Waals surface area (Å²) in [6, 6.07) is 11.1. The molecule has 0 fully saturated rings. The van der Waals surface area contributed by atoms with Gasteiger partial charge in [-0.1, -0.05) is 23.7 Å². The van der Waals surface area contributed by atoms with Gasteiger partial charge in [-0.3, -0.25) is 0 Å². The molecule has 0 bridgehead atoms. The van der Waals surface area contributed by atoms with Gasteiger partial charge < -0.3 is 10.4 Å². The second kappa shape index (κ2) is 5.06. The minimum Gasteiger partial charge on any atom is -0.508 e. The van der Waals surface area contributed by atoms with Crippen LogP contribution in [0.5, 0.6) is 5.75 Å². The molecule has 0 aromatic heterocycles. The van der Waals surface area contributed by atoms with Crippen LogP contribution in [0.4, 0.5) is 10.1 Å². The van der Waals surface area contributed by atoms with Crippen molar-refractivity contribution in [3.05, 3.63) is 58.9 Å². The Balaban J connectivity index is 2.04. The largest absolute Gasteiger partial charge is 0.508 e. The van der Waals surface area contributed by atoms with Gasteiger partial charge in [-0.15, -0.1) is 0 Å². The maximum atomic E-state index is 12.8. The molecule has 2 aromatic carbocycles. The van der Waals surface area contributed by atoms with Crippen LogP contribution in [-0.2, 0) is 6.54 Å². The summed E-state index contributed by atoms with van der Waals surface area (Å²) in [5, 5.41) is 12.6. The first kappa shape index (κ1) is 11.7. The molecule has 0 amide bonds. The van der Waals surface area contributed by atoms with Crippen LogP contribution < -0.4 is 5.32 Å². The van der Waals surface area contributed by atoms with E-state index in [1.54, 1.807) is 30.3 Å². The monoisotopic (exact) mass is 251 g/mol. The number of hydrogen-bond donors (Lipinski definition) is 2. The lowest BCUT2D eigenvalue weighted by atomic mass is 10.2. The Morgan fingerprint density at radius 2 is 1.82 bits per heavy atom. The third-order valence-electron chi connectivity index (χ3n) is 2.35. The van der Waals surface area contributed by atoms with E-state index in [9.17, 15) is 4.39 Å². The first-order valence-electron chi connectivity index (χ1n) is 5.12. The Labute approximate surface area is 104 Å². The van der Waals surface area contributed by atoms with Crippen LogP contribution >= 0.6 is 11.6 Å². The summed E-state index contributed by atoms with van der Waals surface area (Å²) in [5.74, 6) is -0.126. The minimum absolute atomic E-state index is 0.230. The average Bonchev–Trinajstić information content (AvgIpc) is 2.30. The number of halogens is 2. The van der Waals surface area contributed by atoms with Crippen LogP contribution in [-0.4, -0.2) is 5.11 Å². The quantitative estimate of drug-likeness (QED) is 0.870. The van der Waals surface area contributed by atoms with Crippen molar-refractivity contribution in [3.63, 3.8) is 0 Å². The summed E-state index contributed by atoms with van der Waals surface area (Å²) < 4.78 is 12.8. The normalized spacial score (nSPS) is 10.2. The van der Waals surface area contributed by atoms with Crippen molar-refractivity contribution in [2.45, 2.75) is 6.54 Å². The zero-order valence-electron chi connectivity index (χ0n) is 8.95. The number of phenolic OH excluding ortho intramolecular Hbond substituents is 1. The number of benzene rings is 2. The van der Waals surface area contributed by atoms with E-state index in [4.69, 9.17) is 16.7 Å². The average molecular weight is 252 g/mol. The lowest BCUT2D eigenvalue weighted by molar-refractivity contribution is 0.475. The molecule has 0 spiro atoms. The van der Waals surface area contributed by atoms with Crippen LogP contribution in [0.1, 0.15) is 5.56 Å². The second-order valence-corrected chi connectivity index (χ2v) is 4.05. The van der Waals surface area contributed by atoms with Crippen molar-refractivity contribution < 1.29 is 9.50 Å². The third kappa shape index (κ3) is 3.11. The number of anilines is 1. The van der Waals surface area contributed by atoms with Crippen LogP contribution in [0.25, 0.3) is 0 Å². The fourth-order valence-corrected chi connectivity index (χ4v) is 1.68. The molecule has 2 N–H and O–H groups in total. The van der Waals surface area contributed by atoms with Gasteiger partial charge in [0.25, 0.3) is 0 Å². The Bertz CT molecular complexity index is 513.